The van der Waals surface area contributed by atoms with Crippen LogP contribution in [0.4, 0.5) is 0 Å². The molecule has 0 fully saturated rings. The molecule has 0 saturated heterocycles. The molecule has 3 aromatic rings. The number of phenolic OH excluding ortho intramolecular Hbond substituents is 1. The quantitative estimate of drug-likeness (QED) is 0.724. The molecule has 0 amide bonds. The second-order valence-corrected chi connectivity index (χ2v) is 6.44. The largest absolute Gasteiger partial charge is 0.507 e. The molecule has 2 N–H and O–H groups in total. The summed E-state index contributed by atoms with van der Waals surface area (Å²) in [5.41, 5.74) is 3.88. The second-order valence-electron chi connectivity index (χ2n) is 6.44. The number of rotatable bonds is 4. The Hall–Kier alpha value is -2.59. The lowest BCUT2D eigenvalue weighted by Gasteiger charge is -2.18. The fraction of sp³-hybridized carbons (Fsp3) is 0.250. The van der Waals surface area contributed by atoms with Crippen molar-refractivity contribution in [2.45, 2.75) is 26.9 Å². The summed E-state index contributed by atoms with van der Waals surface area (Å²) in [5, 5.41) is 11.4. The molecule has 124 valence electrons. The van der Waals surface area contributed by atoms with Crippen molar-refractivity contribution < 1.29 is 14.4 Å². The molecule has 4 nitrogen and oxygen atoms in total. The van der Waals surface area contributed by atoms with E-state index in [9.17, 15) is 9.90 Å². The molecule has 1 heterocycles. The van der Waals surface area contributed by atoms with Crippen LogP contribution in [0.3, 0.4) is 0 Å². The van der Waals surface area contributed by atoms with Crippen LogP contribution >= 0.6 is 0 Å². The normalized spacial score (nSPS) is 12.5. The van der Waals surface area contributed by atoms with Gasteiger partial charge in [-0.25, -0.2) is 4.79 Å². The van der Waals surface area contributed by atoms with E-state index in [2.05, 4.69) is 19.2 Å². The van der Waals surface area contributed by atoms with Gasteiger partial charge in [0.1, 0.15) is 24.4 Å². The summed E-state index contributed by atoms with van der Waals surface area (Å²) in [6.07, 6.45) is 0. The Kier molecular flexibility index (Phi) is 4.40. The predicted octanol–water partition coefficient (Wildman–Crippen LogP) is 2.33. The molecular formula is C20H22NO3+. The highest BCUT2D eigenvalue weighted by Gasteiger charge is 2.17. The molecule has 0 spiro atoms. The van der Waals surface area contributed by atoms with Gasteiger partial charge in [0.25, 0.3) is 0 Å². The van der Waals surface area contributed by atoms with Gasteiger partial charge in [-0.1, -0.05) is 30.3 Å². The van der Waals surface area contributed by atoms with Gasteiger partial charge in [-0.05, 0) is 31.0 Å². The van der Waals surface area contributed by atoms with Crippen molar-refractivity contribution in [2.24, 2.45) is 0 Å². The Morgan fingerprint density at radius 2 is 1.75 bits per heavy atom. The highest BCUT2D eigenvalue weighted by molar-refractivity contribution is 5.88. The first-order valence-corrected chi connectivity index (χ1v) is 8.07. The summed E-state index contributed by atoms with van der Waals surface area (Å²) in [4.78, 5) is 12.8. The Bertz CT molecular complexity index is 929. The Morgan fingerprint density at radius 3 is 2.46 bits per heavy atom. The van der Waals surface area contributed by atoms with Crippen LogP contribution in [-0.4, -0.2) is 12.2 Å². The third kappa shape index (κ3) is 3.19. The van der Waals surface area contributed by atoms with Crippen LogP contribution in [0.15, 0.2) is 51.7 Å². The van der Waals surface area contributed by atoms with E-state index in [-0.39, 0.29) is 5.75 Å². The summed E-state index contributed by atoms with van der Waals surface area (Å²) in [6.45, 7) is 5.33. The van der Waals surface area contributed by atoms with E-state index in [0.29, 0.717) is 17.5 Å². The molecule has 24 heavy (non-hydrogen) atoms. The molecule has 1 aromatic heterocycles. The molecule has 1 atom stereocenters. The van der Waals surface area contributed by atoms with Crippen LogP contribution in [0, 0.1) is 13.8 Å². The van der Waals surface area contributed by atoms with Crippen LogP contribution < -0.4 is 10.5 Å². The van der Waals surface area contributed by atoms with Gasteiger partial charge in [-0.3, -0.25) is 0 Å². The van der Waals surface area contributed by atoms with Crippen molar-refractivity contribution in [2.75, 3.05) is 7.05 Å². The van der Waals surface area contributed by atoms with Crippen molar-refractivity contribution in [1.82, 2.24) is 0 Å². The lowest BCUT2D eigenvalue weighted by atomic mass is 10.0. The first-order valence-electron chi connectivity index (χ1n) is 8.07. The summed E-state index contributed by atoms with van der Waals surface area (Å²) < 4.78 is 5.24. The number of phenols is 1. The summed E-state index contributed by atoms with van der Waals surface area (Å²) in [7, 11) is 2.11. The number of nitrogens with one attached hydrogen (secondary N) is 1. The SMILES string of the molecule is Cc1cc2oc(=O)cc(C)c2c(O)c1C[NH+](C)Cc1ccccc1. The van der Waals surface area contributed by atoms with Gasteiger partial charge in [0, 0.05) is 11.6 Å². The lowest BCUT2D eigenvalue weighted by Crippen LogP contribution is -3.06. The molecular weight excluding hydrogens is 302 g/mol. The van der Waals surface area contributed by atoms with Crippen LogP contribution in [0.25, 0.3) is 11.0 Å². The molecule has 0 aliphatic heterocycles. The second kappa shape index (κ2) is 6.49. The molecule has 0 aliphatic carbocycles. The van der Waals surface area contributed by atoms with E-state index in [0.717, 1.165) is 23.2 Å². The molecule has 0 radical (unpaired) electrons. The van der Waals surface area contributed by atoms with Gasteiger partial charge in [-0.2, -0.15) is 0 Å². The van der Waals surface area contributed by atoms with E-state index < -0.39 is 5.63 Å². The minimum atomic E-state index is -0.390. The van der Waals surface area contributed by atoms with Gasteiger partial charge >= 0.3 is 5.63 Å². The standard InChI is InChI=1S/C20H21NO3/c1-13-9-17-19(14(2)10-18(22)24-17)20(23)16(13)12-21(3)11-15-7-5-4-6-8-15/h4-10,23H,11-12H2,1-3H3/p+1. The summed E-state index contributed by atoms with van der Waals surface area (Å²) in [5.74, 6) is 0.221. The Balaban J connectivity index is 1.96. The number of aromatic hydroxyl groups is 1. The third-order valence-electron chi connectivity index (χ3n) is 4.36. The van der Waals surface area contributed by atoms with Gasteiger partial charge < -0.3 is 14.4 Å². The number of hydrogen-bond acceptors (Lipinski definition) is 3. The zero-order valence-electron chi connectivity index (χ0n) is 14.2. The minimum Gasteiger partial charge on any atom is -0.507 e. The van der Waals surface area contributed by atoms with Crippen LogP contribution in [0.1, 0.15) is 22.3 Å². The van der Waals surface area contributed by atoms with E-state index in [1.807, 2.05) is 38.1 Å². The zero-order valence-corrected chi connectivity index (χ0v) is 14.2. The lowest BCUT2D eigenvalue weighted by molar-refractivity contribution is -0.907. The van der Waals surface area contributed by atoms with Gasteiger partial charge in [-0.15, -0.1) is 0 Å². The summed E-state index contributed by atoms with van der Waals surface area (Å²) >= 11 is 0. The van der Waals surface area contributed by atoms with E-state index in [1.54, 1.807) is 0 Å². The minimum absolute atomic E-state index is 0.221. The van der Waals surface area contributed by atoms with Crippen LogP contribution in [0.2, 0.25) is 0 Å². The molecule has 0 bridgehead atoms. The maximum Gasteiger partial charge on any atom is 0.336 e. The number of aryl methyl sites for hydroxylation is 2. The van der Waals surface area contributed by atoms with Crippen LogP contribution in [0.5, 0.6) is 5.75 Å². The fourth-order valence-corrected chi connectivity index (χ4v) is 3.19. The van der Waals surface area contributed by atoms with Crippen molar-refractivity contribution in [3.63, 3.8) is 0 Å². The molecule has 1 unspecified atom stereocenters. The zero-order chi connectivity index (χ0) is 17.3. The molecule has 0 saturated carbocycles. The maximum atomic E-state index is 11.5. The Morgan fingerprint density at radius 1 is 1.04 bits per heavy atom. The smallest absolute Gasteiger partial charge is 0.336 e. The fourth-order valence-electron chi connectivity index (χ4n) is 3.19. The summed E-state index contributed by atoms with van der Waals surface area (Å²) in [6, 6.07) is 13.6. The average Bonchev–Trinajstić information content (AvgIpc) is 2.51. The Labute approximate surface area is 141 Å². The van der Waals surface area contributed by atoms with Gasteiger partial charge in [0.2, 0.25) is 0 Å². The maximum absolute atomic E-state index is 11.5. The first kappa shape index (κ1) is 16.3. The molecule has 2 aromatic carbocycles. The van der Waals surface area contributed by atoms with Crippen molar-refractivity contribution in [3.8, 4) is 5.75 Å². The molecule has 0 aliphatic rings. The van der Waals surface area contributed by atoms with Gasteiger partial charge in [0.05, 0.1) is 18.0 Å². The van der Waals surface area contributed by atoms with Crippen molar-refractivity contribution in [3.05, 3.63) is 75.1 Å². The van der Waals surface area contributed by atoms with Crippen molar-refractivity contribution in [1.29, 1.82) is 0 Å². The molecule has 3 rings (SSSR count). The monoisotopic (exact) mass is 324 g/mol. The van der Waals surface area contributed by atoms with E-state index >= 15 is 0 Å². The van der Waals surface area contributed by atoms with E-state index in [4.69, 9.17) is 4.42 Å². The predicted molar refractivity (Wildman–Crippen MR) is 94.4 cm³/mol. The number of quaternary nitrogens is 1. The third-order valence-corrected chi connectivity index (χ3v) is 4.36. The molecule has 4 heteroatoms. The first-order chi connectivity index (χ1) is 11.5. The number of hydrogen-bond donors (Lipinski definition) is 2. The highest BCUT2D eigenvalue weighted by Crippen LogP contribution is 2.32. The van der Waals surface area contributed by atoms with E-state index in [1.165, 1.54) is 16.5 Å². The highest BCUT2D eigenvalue weighted by atomic mass is 16.4. The van der Waals surface area contributed by atoms with Crippen molar-refractivity contribution >= 4 is 11.0 Å². The number of benzene rings is 2. The average molecular weight is 324 g/mol. The van der Waals surface area contributed by atoms with Gasteiger partial charge in [0.15, 0.2) is 0 Å². The number of fused-ring (bicyclic) bond motifs is 1. The van der Waals surface area contributed by atoms with Crippen LogP contribution in [-0.2, 0) is 13.1 Å². The topological polar surface area (TPSA) is 54.9 Å².